The van der Waals surface area contributed by atoms with Gasteiger partial charge in [-0.2, -0.15) is 0 Å². The van der Waals surface area contributed by atoms with Crippen LogP contribution in [0.3, 0.4) is 0 Å². The smallest absolute Gasteiger partial charge is 0.246 e. The summed E-state index contributed by atoms with van der Waals surface area (Å²) >= 11 is 0. The fourth-order valence-electron chi connectivity index (χ4n) is 2.93. The molecule has 0 aliphatic carbocycles. The predicted molar refractivity (Wildman–Crippen MR) is 95.4 cm³/mol. The first-order valence-corrected chi connectivity index (χ1v) is 8.18. The minimum Gasteiger partial charge on any atom is -0.497 e. The Morgan fingerprint density at radius 1 is 1.16 bits per heavy atom. The molecule has 2 N–H and O–H groups in total. The first kappa shape index (κ1) is 17.0. The van der Waals surface area contributed by atoms with Crippen LogP contribution in [0.2, 0.25) is 0 Å². The molecule has 0 radical (unpaired) electrons. The van der Waals surface area contributed by atoms with E-state index in [-0.39, 0.29) is 18.4 Å². The van der Waals surface area contributed by atoms with Crippen LogP contribution in [-0.4, -0.2) is 43.5 Å². The number of nitrogens with zero attached hydrogens (tertiary/aromatic N) is 1. The molecule has 25 heavy (non-hydrogen) atoms. The molecule has 1 heterocycles. The Balaban J connectivity index is 1.82. The Bertz CT molecular complexity index is 731. The number of hydrogen-bond acceptors (Lipinski definition) is 4. The Kier molecular flexibility index (Phi) is 5.30. The fraction of sp³-hybridized carbons (Fsp3) is 0.263. The quantitative estimate of drug-likeness (QED) is 0.872. The number of ether oxygens (including phenoxy) is 1. The highest BCUT2D eigenvalue weighted by atomic mass is 16.5. The van der Waals surface area contributed by atoms with Crippen molar-refractivity contribution in [2.75, 3.05) is 32.1 Å². The van der Waals surface area contributed by atoms with Crippen molar-refractivity contribution >= 4 is 17.5 Å². The van der Waals surface area contributed by atoms with Crippen molar-refractivity contribution in [1.82, 2.24) is 10.2 Å². The Morgan fingerprint density at radius 3 is 2.52 bits per heavy atom. The van der Waals surface area contributed by atoms with E-state index in [1.54, 1.807) is 31.4 Å². The van der Waals surface area contributed by atoms with E-state index in [1.807, 2.05) is 35.2 Å². The highest BCUT2D eigenvalue weighted by molar-refractivity contribution is 5.96. The first-order valence-electron chi connectivity index (χ1n) is 8.18. The van der Waals surface area contributed by atoms with Crippen molar-refractivity contribution in [3.8, 4) is 5.75 Å². The third-order valence-electron chi connectivity index (χ3n) is 4.15. The van der Waals surface area contributed by atoms with E-state index >= 15 is 0 Å². The number of benzene rings is 2. The number of carbonyl (C=O) groups is 2. The molecule has 1 fully saturated rings. The summed E-state index contributed by atoms with van der Waals surface area (Å²) in [6, 6.07) is 16.2. The second-order valence-corrected chi connectivity index (χ2v) is 5.85. The maximum Gasteiger partial charge on any atom is 0.246 e. The van der Waals surface area contributed by atoms with Crippen molar-refractivity contribution < 1.29 is 14.3 Å². The summed E-state index contributed by atoms with van der Waals surface area (Å²) < 4.78 is 5.13. The van der Waals surface area contributed by atoms with E-state index in [2.05, 4.69) is 10.6 Å². The van der Waals surface area contributed by atoms with Crippen LogP contribution in [0.1, 0.15) is 11.6 Å². The maximum atomic E-state index is 13.0. The van der Waals surface area contributed by atoms with Crippen LogP contribution >= 0.6 is 0 Å². The van der Waals surface area contributed by atoms with Gasteiger partial charge in [0.2, 0.25) is 11.8 Å². The van der Waals surface area contributed by atoms with Crippen LogP contribution in [0, 0.1) is 0 Å². The van der Waals surface area contributed by atoms with Gasteiger partial charge in [-0.1, -0.05) is 30.3 Å². The van der Waals surface area contributed by atoms with Gasteiger partial charge in [0.15, 0.2) is 0 Å². The molecule has 2 aromatic rings. The van der Waals surface area contributed by atoms with Gasteiger partial charge in [-0.3, -0.25) is 14.5 Å². The molecular formula is C19H21N3O3. The third kappa shape index (κ3) is 4.16. The van der Waals surface area contributed by atoms with Gasteiger partial charge in [-0.25, -0.2) is 0 Å². The van der Waals surface area contributed by atoms with E-state index in [4.69, 9.17) is 4.74 Å². The molecule has 1 saturated heterocycles. The lowest BCUT2D eigenvalue weighted by molar-refractivity contribution is -0.128. The molecule has 3 rings (SSSR count). The third-order valence-corrected chi connectivity index (χ3v) is 4.15. The molecule has 2 aromatic carbocycles. The molecule has 1 atom stereocenters. The minimum atomic E-state index is -0.519. The second-order valence-electron chi connectivity index (χ2n) is 5.85. The van der Waals surface area contributed by atoms with Gasteiger partial charge in [0.05, 0.1) is 13.7 Å². The van der Waals surface area contributed by atoms with Crippen molar-refractivity contribution in [3.05, 3.63) is 60.2 Å². The Labute approximate surface area is 146 Å². The molecule has 0 bridgehead atoms. The van der Waals surface area contributed by atoms with Crippen LogP contribution in [0.5, 0.6) is 5.75 Å². The summed E-state index contributed by atoms with van der Waals surface area (Å²) in [5, 5.41) is 5.73. The maximum absolute atomic E-state index is 13.0. The molecule has 0 unspecified atom stereocenters. The average Bonchev–Trinajstić information content (AvgIpc) is 2.63. The van der Waals surface area contributed by atoms with Crippen molar-refractivity contribution in [2.24, 2.45) is 0 Å². The summed E-state index contributed by atoms with van der Waals surface area (Å²) in [7, 11) is 1.60. The monoisotopic (exact) mass is 339 g/mol. The Hall–Kier alpha value is -2.86. The molecule has 2 amide bonds. The molecule has 1 aliphatic heterocycles. The van der Waals surface area contributed by atoms with E-state index < -0.39 is 6.04 Å². The number of piperazine rings is 1. The number of amides is 2. The first-order chi connectivity index (χ1) is 12.2. The lowest BCUT2D eigenvalue weighted by Gasteiger charge is -2.33. The van der Waals surface area contributed by atoms with Crippen molar-refractivity contribution in [1.29, 1.82) is 0 Å². The Morgan fingerprint density at radius 2 is 1.88 bits per heavy atom. The van der Waals surface area contributed by atoms with Gasteiger partial charge >= 0.3 is 0 Å². The van der Waals surface area contributed by atoms with Gasteiger partial charge in [0.25, 0.3) is 0 Å². The number of methoxy groups -OCH3 is 1. The highest BCUT2D eigenvalue weighted by Gasteiger charge is 2.31. The van der Waals surface area contributed by atoms with E-state index in [0.717, 1.165) is 11.3 Å². The molecule has 6 heteroatoms. The van der Waals surface area contributed by atoms with E-state index in [1.165, 1.54) is 0 Å². The lowest BCUT2D eigenvalue weighted by atomic mass is 10.0. The standard InChI is InChI=1S/C19H21N3O3/c1-25-16-9-7-15(8-10-16)21-19(24)18(14-5-3-2-4-6-14)22-12-11-20-17(23)13-22/h2-10,18H,11-13H2,1H3,(H,20,23)(H,21,24)/t18-/m0/s1. The number of hydrogen-bond donors (Lipinski definition) is 2. The summed E-state index contributed by atoms with van der Waals surface area (Å²) in [4.78, 5) is 26.6. The predicted octanol–water partition coefficient (Wildman–Crippen LogP) is 1.81. The van der Waals surface area contributed by atoms with Crippen LogP contribution in [0.15, 0.2) is 54.6 Å². The van der Waals surface area contributed by atoms with Crippen molar-refractivity contribution in [3.63, 3.8) is 0 Å². The number of nitrogens with one attached hydrogen (secondary N) is 2. The zero-order valence-electron chi connectivity index (χ0n) is 14.1. The zero-order chi connectivity index (χ0) is 17.6. The van der Waals surface area contributed by atoms with Crippen LogP contribution in [0.25, 0.3) is 0 Å². The van der Waals surface area contributed by atoms with Gasteiger partial charge in [0.1, 0.15) is 11.8 Å². The van der Waals surface area contributed by atoms with Crippen molar-refractivity contribution in [2.45, 2.75) is 6.04 Å². The summed E-state index contributed by atoms with van der Waals surface area (Å²) in [6.07, 6.45) is 0. The molecule has 0 saturated carbocycles. The fourth-order valence-corrected chi connectivity index (χ4v) is 2.93. The van der Waals surface area contributed by atoms with Crippen LogP contribution in [0.4, 0.5) is 5.69 Å². The highest BCUT2D eigenvalue weighted by Crippen LogP contribution is 2.24. The molecule has 130 valence electrons. The number of rotatable bonds is 5. The number of carbonyl (C=O) groups excluding carboxylic acids is 2. The molecule has 1 aliphatic rings. The minimum absolute atomic E-state index is 0.0653. The molecule has 0 spiro atoms. The molecular weight excluding hydrogens is 318 g/mol. The van der Waals surface area contributed by atoms with Gasteiger partial charge in [0, 0.05) is 18.8 Å². The lowest BCUT2D eigenvalue weighted by Crippen LogP contribution is -2.51. The molecule has 0 aromatic heterocycles. The summed E-state index contributed by atoms with van der Waals surface area (Å²) in [5.74, 6) is 0.501. The number of anilines is 1. The van der Waals surface area contributed by atoms with Crippen LogP contribution < -0.4 is 15.4 Å². The van der Waals surface area contributed by atoms with Crippen LogP contribution in [-0.2, 0) is 9.59 Å². The van der Waals surface area contributed by atoms with Gasteiger partial charge in [-0.15, -0.1) is 0 Å². The topological polar surface area (TPSA) is 70.7 Å². The SMILES string of the molecule is COc1ccc(NC(=O)[C@H](c2ccccc2)N2CCNC(=O)C2)cc1. The summed E-state index contributed by atoms with van der Waals surface area (Å²) in [6.45, 7) is 1.37. The largest absolute Gasteiger partial charge is 0.497 e. The zero-order valence-corrected chi connectivity index (χ0v) is 14.1. The summed E-state index contributed by atoms with van der Waals surface area (Å²) in [5.41, 5.74) is 1.55. The molecule has 6 nitrogen and oxygen atoms in total. The second kappa shape index (κ2) is 7.81. The van der Waals surface area contributed by atoms with E-state index in [9.17, 15) is 9.59 Å². The van der Waals surface area contributed by atoms with Gasteiger partial charge < -0.3 is 15.4 Å². The van der Waals surface area contributed by atoms with E-state index in [0.29, 0.717) is 18.8 Å². The van der Waals surface area contributed by atoms with Gasteiger partial charge in [-0.05, 0) is 29.8 Å². The normalized spacial score (nSPS) is 16.0. The average molecular weight is 339 g/mol.